The number of alkyl halides is 7. The van der Waals surface area contributed by atoms with Crippen LogP contribution in [0.3, 0.4) is 0 Å². The van der Waals surface area contributed by atoms with Gasteiger partial charge in [-0.15, -0.1) is 0 Å². The van der Waals surface area contributed by atoms with E-state index in [2.05, 4.69) is 6.07 Å². The Kier molecular flexibility index (Phi) is 3.40. The van der Waals surface area contributed by atoms with E-state index in [4.69, 9.17) is 0 Å². The molecule has 0 unspecified atom stereocenters. The molecular weight excluding hydrogens is 253 g/mol. The Morgan fingerprint density at radius 2 is 1.41 bits per heavy atom. The topological polar surface area (TPSA) is 0 Å². The molecule has 0 atom stereocenters. The van der Waals surface area contributed by atoms with Crippen LogP contribution in [0.1, 0.15) is 5.56 Å². The van der Waals surface area contributed by atoms with E-state index in [-0.39, 0.29) is 0 Å². The normalized spacial score (nSPS) is 13.8. The zero-order valence-electron chi connectivity index (χ0n) is 8.16. The van der Waals surface area contributed by atoms with Crippen LogP contribution in [0.4, 0.5) is 30.7 Å². The molecule has 0 aliphatic carbocycles. The molecule has 0 fully saturated rings. The fraction of sp³-hybridized carbons (Fsp3) is 0.400. The largest absolute Gasteiger partial charge is 0.378 e. The van der Waals surface area contributed by atoms with Crippen molar-refractivity contribution in [3.63, 3.8) is 0 Å². The van der Waals surface area contributed by atoms with Gasteiger partial charge in [-0.1, -0.05) is 24.3 Å². The van der Waals surface area contributed by atoms with Gasteiger partial charge in [0.05, 0.1) is 0 Å². The van der Waals surface area contributed by atoms with Crippen molar-refractivity contribution < 1.29 is 30.7 Å². The highest BCUT2D eigenvalue weighted by Crippen LogP contribution is 2.51. The van der Waals surface area contributed by atoms with Gasteiger partial charge in [-0.25, -0.2) is 4.39 Å². The first kappa shape index (κ1) is 13.8. The number of benzene rings is 1. The average molecular weight is 259 g/mol. The minimum Gasteiger partial charge on any atom is -0.244 e. The van der Waals surface area contributed by atoms with Crippen LogP contribution in [0, 0.1) is 6.07 Å². The lowest BCUT2D eigenvalue weighted by Crippen LogP contribution is -2.53. The van der Waals surface area contributed by atoms with Gasteiger partial charge in [-0.2, -0.15) is 26.3 Å². The fourth-order valence-corrected chi connectivity index (χ4v) is 1.09. The van der Waals surface area contributed by atoms with Crippen LogP contribution < -0.4 is 0 Å². The second-order valence-corrected chi connectivity index (χ2v) is 3.28. The zero-order valence-corrected chi connectivity index (χ0v) is 8.16. The molecule has 0 spiro atoms. The third-order valence-corrected chi connectivity index (χ3v) is 2.10. The minimum absolute atomic E-state index is 0.516. The van der Waals surface area contributed by atoms with Crippen molar-refractivity contribution in [2.24, 2.45) is 0 Å². The van der Waals surface area contributed by atoms with Crippen LogP contribution in [0.25, 0.3) is 0 Å². The van der Waals surface area contributed by atoms with Gasteiger partial charge < -0.3 is 0 Å². The van der Waals surface area contributed by atoms with Gasteiger partial charge in [0.25, 0.3) is 0 Å². The van der Waals surface area contributed by atoms with Crippen LogP contribution in [0.5, 0.6) is 0 Å². The number of rotatable bonds is 4. The molecule has 95 valence electrons. The summed E-state index contributed by atoms with van der Waals surface area (Å²) in [5.41, 5.74) is -1.32. The SMILES string of the molecule is FCC(F)(F)C(F)(F)C(F)(F)c1cc[c]cc1. The molecule has 0 nitrogen and oxygen atoms in total. The molecule has 0 heterocycles. The van der Waals surface area contributed by atoms with Gasteiger partial charge in [-0.3, -0.25) is 0 Å². The lowest BCUT2D eigenvalue weighted by atomic mass is 9.98. The highest BCUT2D eigenvalue weighted by Gasteiger charge is 2.72. The summed E-state index contributed by atoms with van der Waals surface area (Å²) >= 11 is 0. The molecule has 1 aromatic carbocycles. The van der Waals surface area contributed by atoms with Crippen molar-refractivity contribution in [1.82, 2.24) is 0 Å². The molecule has 0 aliphatic heterocycles. The first-order valence-corrected chi connectivity index (χ1v) is 4.33. The molecule has 1 radical (unpaired) electrons. The molecule has 1 aromatic rings. The second-order valence-electron chi connectivity index (χ2n) is 3.28. The van der Waals surface area contributed by atoms with E-state index in [9.17, 15) is 30.7 Å². The molecule has 0 aromatic heterocycles. The van der Waals surface area contributed by atoms with Gasteiger partial charge >= 0.3 is 17.8 Å². The molecule has 1 rings (SSSR count). The van der Waals surface area contributed by atoms with E-state index in [0.717, 1.165) is 12.1 Å². The summed E-state index contributed by atoms with van der Waals surface area (Å²) in [6.45, 7) is -2.87. The van der Waals surface area contributed by atoms with Crippen molar-refractivity contribution >= 4 is 0 Å². The van der Waals surface area contributed by atoms with Crippen molar-refractivity contribution in [1.29, 1.82) is 0 Å². The molecule has 0 amide bonds. The molecule has 0 N–H and O–H groups in total. The lowest BCUT2D eigenvalue weighted by molar-refractivity contribution is -0.317. The van der Waals surface area contributed by atoms with E-state index in [1.165, 1.54) is 0 Å². The van der Waals surface area contributed by atoms with E-state index < -0.39 is 30.0 Å². The summed E-state index contributed by atoms with van der Waals surface area (Å²) < 4.78 is 89.0. The summed E-state index contributed by atoms with van der Waals surface area (Å²) in [7, 11) is 0. The van der Waals surface area contributed by atoms with E-state index in [0.29, 0.717) is 12.1 Å². The molecule has 0 saturated carbocycles. The maximum absolute atomic E-state index is 13.2. The zero-order chi connectivity index (χ0) is 13.3. The van der Waals surface area contributed by atoms with Crippen LogP contribution >= 0.6 is 0 Å². The van der Waals surface area contributed by atoms with Crippen molar-refractivity contribution in [2.45, 2.75) is 17.8 Å². The maximum atomic E-state index is 13.2. The molecule has 0 aliphatic rings. The molecule has 7 heteroatoms. The Balaban J connectivity index is 3.22. The molecular formula is C10H6F7. The Hall–Kier alpha value is -1.27. The van der Waals surface area contributed by atoms with Crippen molar-refractivity contribution in [3.05, 3.63) is 35.9 Å². The third kappa shape index (κ3) is 2.10. The Bertz CT molecular complexity index is 372. The average Bonchev–Trinajstić information content (AvgIpc) is 2.29. The van der Waals surface area contributed by atoms with Crippen LogP contribution in [0.15, 0.2) is 24.3 Å². The van der Waals surface area contributed by atoms with E-state index >= 15 is 0 Å². The second kappa shape index (κ2) is 4.19. The molecule has 0 bridgehead atoms. The van der Waals surface area contributed by atoms with Gasteiger partial charge in [0.2, 0.25) is 0 Å². The van der Waals surface area contributed by atoms with Crippen molar-refractivity contribution in [3.8, 4) is 0 Å². The Morgan fingerprint density at radius 3 is 1.82 bits per heavy atom. The summed E-state index contributed by atoms with van der Waals surface area (Å²) in [6.07, 6.45) is 0. The van der Waals surface area contributed by atoms with Crippen molar-refractivity contribution in [2.75, 3.05) is 6.67 Å². The number of hydrogen-bond acceptors (Lipinski definition) is 0. The maximum Gasteiger partial charge on any atom is 0.378 e. The smallest absolute Gasteiger partial charge is 0.244 e. The first-order chi connectivity index (χ1) is 7.67. The Morgan fingerprint density at radius 1 is 0.941 bits per heavy atom. The summed E-state index contributed by atoms with van der Waals surface area (Å²) in [4.78, 5) is 0. The standard InChI is InChI=1S/C10H6F7/c11-6-8(12,13)10(16,17)9(14,15)7-4-2-1-3-5-7/h2-5H,6H2. The first-order valence-electron chi connectivity index (χ1n) is 4.33. The molecule has 0 saturated heterocycles. The fourth-order valence-electron chi connectivity index (χ4n) is 1.09. The summed E-state index contributed by atoms with van der Waals surface area (Å²) in [5, 5.41) is 0. The third-order valence-electron chi connectivity index (χ3n) is 2.10. The highest BCUT2D eigenvalue weighted by molar-refractivity contribution is 5.23. The van der Waals surface area contributed by atoms with Gasteiger partial charge in [0, 0.05) is 5.56 Å². The predicted molar refractivity (Wildman–Crippen MR) is 45.0 cm³/mol. The Labute approximate surface area is 92.0 Å². The van der Waals surface area contributed by atoms with Crippen LogP contribution in [-0.2, 0) is 5.92 Å². The lowest BCUT2D eigenvalue weighted by Gasteiger charge is -2.31. The summed E-state index contributed by atoms with van der Waals surface area (Å²) in [5.74, 6) is -16.4. The minimum atomic E-state index is -5.81. The van der Waals surface area contributed by atoms with Gasteiger partial charge in [0.1, 0.15) is 0 Å². The number of halogens is 7. The highest BCUT2D eigenvalue weighted by atomic mass is 19.3. The van der Waals surface area contributed by atoms with Gasteiger partial charge in [0.15, 0.2) is 6.67 Å². The van der Waals surface area contributed by atoms with E-state index in [1.807, 2.05) is 0 Å². The van der Waals surface area contributed by atoms with Gasteiger partial charge in [-0.05, 0) is 6.07 Å². The number of hydrogen-bond donors (Lipinski definition) is 0. The quantitative estimate of drug-likeness (QED) is 0.721. The van der Waals surface area contributed by atoms with E-state index in [1.54, 1.807) is 0 Å². The van der Waals surface area contributed by atoms with Crippen LogP contribution in [-0.4, -0.2) is 18.5 Å². The summed E-state index contributed by atoms with van der Waals surface area (Å²) in [6, 6.07) is 5.04. The monoisotopic (exact) mass is 259 g/mol. The predicted octanol–water partition coefficient (Wildman–Crippen LogP) is 3.82. The molecule has 17 heavy (non-hydrogen) atoms. The van der Waals surface area contributed by atoms with Crippen LogP contribution in [0.2, 0.25) is 0 Å².